The van der Waals surface area contributed by atoms with Crippen LogP contribution in [-0.2, 0) is 11.3 Å². The molecule has 0 bridgehead atoms. The number of guanidine groups is 1. The van der Waals surface area contributed by atoms with Gasteiger partial charge in [0.25, 0.3) is 0 Å². The number of halogens is 1. The summed E-state index contributed by atoms with van der Waals surface area (Å²) >= 11 is 0. The molecule has 1 aromatic rings. The molecule has 0 saturated carbocycles. The van der Waals surface area contributed by atoms with Crippen LogP contribution in [0.25, 0.3) is 0 Å². The summed E-state index contributed by atoms with van der Waals surface area (Å²) in [7, 11) is 0. The van der Waals surface area contributed by atoms with Gasteiger partial charge in [-0.05, 0) is 57.3 Å². The second kappa shape index (κ2) is 14.3. The van der Waals surface area contributed by atoms with Crippen molar-refractivity contribution in [2.24, 2.45) is 10.9 Å². The second-order valence-corrected chi connectivity index (χ2v) is 6.53. The number of piperidine rings is 1. The van der Waals surface area contributed by atoms with Crippen molar-refractivity contribution in [1.29, 1.82) is 0 Å². The highest BCUT2D eigenvalue weighted by Gasteiger charge is 2.18. The Morgan fingerprint density at radius 1 is 1.38 bits per heavy atom. The molecule has 1 fully saturated rings. The molecule has 1 aromatic heterocycles. The molecular formula is C19H35IN4O2. The van der Waals surface area contributed by atoms with Gasteiger partial charge in [-0.15, -0.1) is 24.0 Å². The van der Waals surface area contributed by atoms with Crippen LogP contribution in [0.2, 0.25) is 0 Å². The van der Waals surface area contributed by atoms with E-state index in [2.05, 4.69) is 29.4 Å². The van der Waals surface area contributed by atoms with E-state index in [4.69, 9.17) is 14.1 Å². The van der Waals surface area contributed by atoms with Gasteiger partial charge in [0.2, 0.25) is 0 Å². The molecule has 7 heteroatoms. The highest BCUT2D eigenvalue weighted by molar-refractivity contribution is 14.0. The molecule has 6 nitrogen and oxygen atoms in total. The molecule has 0 radical (unpaired) electrons. The Kier molecular flexibility index (Phi) is 12.8. The van der Waals surface area contributed by atoms with Gasteiger partial charge < -0.3 is 24.7 Å². The molecule has 150 valence electrons. The molecular weight excluding hydrogens is 443 g/mol. The molecule has 0 amide bonds. The van der Waals surface area contributed by atoms with E-state index in [1.807, 2.05) is 12.1 Å². The van der Waals surface area contributed by atoms with Gasteiger partial charge in [-0.3, -0.25) is 4.99 Å². The summed E-state index contributed by atoms with van der Waals surface area (Å²) in [5.41, 5.74) is 0. The van der Waals surface area contributed by atoms with Crippen molar-refractivity contribution in [3.63, 3.8) is 0 Å². The smallest absolute Gasteiger partial charge is 0.191 e. The first-order valence-corrected chi connectivity index (χ1v) is 9.66. The zero-order valence-corrected chi connectivity index (χ0v) is 18.5. The highest BCUT2D eigenvalue weighted by atomic mass is 127. The van der Waals surface area contributed by atoms with Gasteiger partial charge in [-0.2, -0.15) is 0 Å². The molecule has 1 aliphatic rings. The Bertz CT molecular complexity index is 482. The number of ether oxygens (including phenoxy) is 1. The average molecular weight is 478 g/mol. The molecule has 0 aromatic carbocycles. The predicted molar refractivity (Wildman–Crippen MR) is 117 cm³/mol. The van der Waals surface area contributed by atoms with E-state index in [9.17, 15) is 0 Å². The van der Waals surface area contributed by atoms with Crippen molar-refractivity contribution in [2.45, 2.75) is 39.7 Å². The van der Waals surface area contributed by atoms with Crippen LogP contribution >= 0.6 is 24.0 Å². The van der Waals surface area contributed by atoms with Gasteiger partial charge in [0.15, 0.2) is 5.96 Å². The summed E-state index contributed by atoms with van der Waals surface area (Å²) in [4.78, 5) is 7.30. The second-order valence-electron chi connectivity index (χ2n) is 6.53. The SMILES string of the molecule is CCNC(=NCC1CCCN(CC)C1)NCCCOCc1ccco1.I. The minimum atomic E-state index is 0. The van der Waals surface area contributed by atoms with E-state index in [1.54, 1.807) is 6.26 Å². The van der Waals surface area contributed by atoms with E-state index in [0.717, 1.165) is 44.3 Å². The Balaban J connectivity index is 0.00000338. The van der Waals surface area contributed by atoms with E-state index >= 15 is 0 Å². The van der Waals surface area contributed by atoms with Crippen molar-refractivity contribution in [1.82, 2.24) is 15.5 Å². The fraction of sp³-hybridized carbons (Fsp3) is 0.737. The molecule has 1 saturated heterocycles. The summed E-state index contributed by atoms with van der Waals surface area (Å²) in [5, 5.41) is 6.73. The minimum Gasteiger partial charge on any atom is -0.467 e. The number of nitrogens with zero attached hydrogens (tertiary/aromatic N) is 2. The number of hydrogen-bond acceptors (Lipinski definition) is 4. The molecule has 1 unspecified atom stereocenters. The molecule has 2 rings (SSSR count). The monoisotopic (exact) mass is 478 g/mol. The number of hydrogen-bond donors (Lipinski definition) is 2. The quantitative estimate of drug-likeness (QED) is 0.234. The minimum absolute atomic E-state index is 0. The number of furan rings is 1. The number of rotatable bonds is 10. The Morgan fingerprint density at radius 3 is 3.00 bits per heavy atom. The van der Waals surface area contributed by atoms with Gasteiger partial charge >= 0.3 is 0 Å². The lowest BCUT2D eigenvalue weighted by atomic mass is 9.98. The lowest BCUT2D eigenvalue weighted by Crippen LogP contribution is -2.40. The molecule has 1 atom stereocenters. The molecule has 2 N–H and O–H groups in total. The van der Waals surface area contributed by atoms with Gasteiger partial charge in [0, 0.05) is 32.8 Å². The van der Waals surface area contributed by atoms with E-state index < -0.39 is 0 Å². The fourth-order valence-corrected chi connectivity index (χ4v) is 3.10. The van der Waals surface area contributed by atoms with Gasteiger partial charge in [-0.25, -0.2) is 0 Å². The maximum atomic E-state index is 5.60. The summed E-state index contributed by atoms with van der Waals surface area (Å²) in [6, 6.07) is 3.81. The van der Waals surface area contributed by atoms with Crippen LogP contribution in [0.5, 0.6) is 0 Å². The lowest BCUT2D eigenvalue weighted by Gasteiger charge is -2.31. The third-order valence-corrected chi connectivity index (χ3v) is 4.48. The predicted octanol–water partition coefficient (Wildman–Crippen LogP) is 3.09. The standard InChI is InChI=1S/C19H34N4O2.HI/c1-3-20-19(22-14-17-8-5-11-23(4-2)15-17)21-10-7-12-24-16-18-9-6-13-25-18;/h6,9,13,17H,3-5,7-8,10-12,14-16H2,1-2H3,(H2,20,21,22);1H. The molecule has 26 heavy (non-hydrogen) atoms. The van der Waals surface area contributed by atoms with Crippen LogP contribution in [0.15, 0.2) is 27.8 Å². The highest BCUT2D eigenvalue weighted by Crippen LogP contribution is 2.16. The first kappa shape index (κ1) is 23.2. The van der Waals surface area contributed by atoms with Crippen LogP contribution in [-0.4, -0.2) is 56.7 Å². The summed E-state index contributed by atoms with van der Waals surface area (Å²) in [6.07, 6.45) is 5.20. The van der Waals surface area contributed by atoms with E-state index in [-0.39, 0.29) is 24.0 Å². The third kappa shape index (κ3) is 9.23. The fourth-order valence-electron chi connectivity index (χ4n) is 3.10. The normalized spacial score (nSPS) is 18.4. The third-order valence-electron chi connectivity index (χ3n) is 4.48. The number of likely N-dealkylation sites (tertiary alicyclic amines) is 1. The molecule has 0 spiro atoms. The van der Waals surface area contributed by atoms with Crippen LogP contribution < -0.4 is 10.6 Å². The zero-order chi connectivity index (χ0) is 17.7. The Hall–Kier alpha value is -0.800. The maximum absolute atomic E-state index is 5.60. The van der Waals surface area contributed by atoms with Crippen LogP contribution in [0.1, 0.15) is 38.9 Å². The van der Waals surface area contributed by atoms with Crippen LogP contribution in [0, 0.1) is 5.92 Å². The van der Waals surface area contributed by atoms with E-state index in [1.165, 1.54) is 25.9 Å². The zero-order valence-electron chi connectivity index (χ0n) is 16.2. The topological polar surface area (TPSA) is 62.0 Å². The number of nitrogens with one attached hydrogen (secondary N) is 2. The van der Waals surface area contributed by atoms with Gasteiger partial charge in [0.05, 0.1) is 6.26 Å². The molecule has 0 aliphatic carbocycles. The summed E-state index contributed by atoms with van der Waals surface area (Å²) in [5.74, 6) is 2.47. The van der Waals surface area contributed by atoms with Crippen LogP contribution in [0.4, 0.5) is 0 Å². The Morgan fingerprint density at radius 2 is 2.27 bits per heavy atom. The number of aliphatic imine (C=N–C) groups is 1. The van der Waals surface area contributed by atoms with Crippen LogP contribution in [0.3, 0.4) is 0 Å². The van der Waals surface area contributed by atoms with Crippen molar-refractivity contribution < 1.29 is 9.15 Å². The Labute approximate surface area is 175 Å². The summed E-state index contributed by atoms with van der Waals surface area (Å²) < 4.78 is 10.8. The average Bonchev–Trinajstić information content (AvgIpc) is 3.16. The molecule has 1 aliphatic heterocycles. The van der Waals surface area contributed by atoms with Crippen molar-refractivity contribution in [2.75, 3.05) is 45.9 Å². The largest absolute Gasteiger partial charge is 0.467 e. The van der Waals surface area contributed by atoms with Crippen molar-refractivity contribution >= 4 is 29.9 Å². The van der Waals surface area contributed by atoms with Crippen molar-refractivity contribution in [3.8, 4) is 0 Å². The van der Waals surface area contributed by atoms with Crippen molar-refractivity contribution in [3.05, 3.63) is 24.2 Å². The summed E-state index contributed by atoms with van der Waals surface area (Å²) in [6.45, 7) is 11.8. The maximum Gasteiger partial charge on any atom is 0.191 e. The van der Waals surface area contributed by atoms with E-state index in [0.29, 0.717) is 19.1 Å². The lowest BCUT2D eigenvalue weighted by molar-refractivity contribution is 0.105. The van der Waals surface area contributed by atoms with Gasteiger partial charge in [0.1, 0.15) is 12.4 Å². The first-order chi connectivity index (χ1) is 12.3. The van der Waals surface area contributed by atoms with Gasteiger partial charge in [-0.1, -0.05) is 6.92 Å². The first-order valence-electron chi connectivity index (χ1n) is 9.66. The molecule has 2 heterocycles.